The van der Waals surface area contributed by atoms with Gasteiger partial charge in [-0.2, -0.15) is 0 Å². The first-order valence-corrected chi connectivity index (χ1v) is 10.9. The Balaban J connectivity index is 1.49. The van der Waals surface area contributed by atoms with Crippen LogP contribution in [0.4, 0.5) is 5.13 Å². The quantitative estimate of drug-likeness (QED) is 0.601. The lowest BCUT2D eigenvalue weighted by Crippen LogP contribution is -2.45. The van der Waals surface area contributed by atoms with Crippen LogP contribution in [0.5, 0.6) is 0 Å². The molecule has 0 aromatic carbocycles. The molecule has 6 heteroatoms. The van der Waals surface area contributed by atoms with Crippen molar-refractivity contribution in [3.05, 3.63) is 11.1 Å². The van der Waals surface area contributed by atoms with Crippen LogP contribution in [0, 0.1) is 5.92 Å². The molecule has 1 saturated carbocycles. The molecule has 2 heterocycles. The fourth-order valence-electron chi connectivity index (χ4n) is 3.83. The van der Waals surface area contributed by atoms with E-state index >= 15 is 0 Å². The molecule has 5 nitrogen and oxygen atoms in total. The molecule has 1 aliphatic heterocycles. The molecule has 1 aromatic rings. The summed E-state index contributed by atoms with van der Waals surface area (Å²) in [4.78, 5) is 12.0. The molecular weight excluding hydrogens is 330 g/mol. The zero-order chi connectivity index (χ0) is 17.5. The van der Waals surface area contributed by atoms with Crippen LogP contribution in [0.15, 0.2) is 10.4 Å². The van der Waals surface area contributed by atoms with Crippen molar-refractivity contribution in [2.45, 2.75) is 64.8 Å². The normalized spacial score (nSPS) is 24.6. The maximum Gasteiger partial charge on any atom is 0.191 e. The summed E-state index contributed by atoms with van der Waals surface area (Å²) in [6.45, 7) is 8.52. The first-order chi connectivity index (χ1) is 12.2. The number of anilines is 1. The highest BCUT2D eigenvalue weighted by Crippen LogP contribution is 2.25. The van der Waals surface area contributed by atoms with E-state index in [1.54, 1.807) is 11.3 Å². The standard InChI is InChI=1S/C19H33N5S/c1-3-20-18(22-16-8-6-7-15(2)13-16)21-10-9-17-14-25-19(23-17)24-11-4-5-12-24/h14-16H,3-13H2,1-2H3,(H2,20,21,22). The lowest BCUT2D eigenvalue weighted by atomic mass is 9.87. The second kappa shape index (κ2) is 9.41. The van der Waals surface area contributed by atoms with Gasteiger partial charge in [-0.25, -0.2) is 4.98 Å². The van der Waals surface area contributed by atoms with Crippen molar-refractivity contribution in [3.63, 3.8) is 0 Å². The van der Waals surface area contributed by atoms with E-state index in [2.05, 4.69) is 34.8 Å². The van der Waals surface area contributed by atoms with Crippen LogP contribution in [-0.2, 0) is 6.42 Å². The van der Waals surface area contributed by atoms with Gasteiger partial charge in [0.05, 0.1) is 5.69 Å². The Hall–Kier alpha value is -1.30. The minimum atomic E-state index is 0.572. The number of aliphatic imine (C=N–C) groups is 1. The predicted octanol–water partition coefficient (Wildman–Crippen LogP) is 3.42. The summed E-state index contributed by atoms with van der Waals surface area (Å²) in [7, 11) is 0. The van der Waals surface area contributed by atoms with E-state index < -0.39 is 0 Å². The third-order valence-corrected chi connectivity index (χ3v) is 6.13. The first kappa shape index (κ1) is 18.5. The Morgan fingerprint density at radius 1 is 1.32 bits per heavy atom. The van der Waals surface area contributed by atoms with Gasteiger partial charge in [0.15, 0.2) is 11.1 Å². The summed E-state index contributed by atoms with van der Waals surface area (Å²) in [5.41, 5.74) is 1.18. The third kappa shape index (κ3) is 5.59. The Kier molecular flexibility index (Phi) is 6.96. The van der Waals surface area contributed by atoms with Crippen LogP contribution >= 0.6 is 11.3 Å². The molecular formula is C19H33N5S. The fraction of sp³-hybridized carbons (Fsp3) is 0.789. The van der Waals surface area contributed by atoms with E-state index in [0.717, 1.165) is 31.4 Å². The molecule has 3 rings (SSSR count). The van der Waals surface area contributed by atoms with Crippen molar-refractivity contribution in [2.24, 2.45) is 10.9 Å². The summed E-state index contributed by atoms with van der Waals surface area (Å²) in [6.07, 6.45) is 8.75. The van der Waals surface area contributed by atoms with Crippen molar-refractivity contribution >= 4 is 22.4 Å². The van der Waals surface area contributed by atoms with Crippen LogP contribution in [-0.4, -0.2) is 43.2 Å². The second-order valence-corrected chi connectivity index (χ2v) is 8.28. The van der Waals surface area contributed by atoms with Crippen LogP contribution in [0.2, 0.25) is 0 Å². The molecule has 0 bridgehead atoms. The minimum Gasteiger partial charge on any atom is -0.357 e. The molecule has 25 heavy (non-hydrogen) atoms. The van der Waals surface area contributed by atoms with Crippen molar-refractivity contribution in [2.75, 3.05) is 31.1 Å². The maximum atomic E-state index is 4.80. The zero-order valence-corrected chi connectivity index (χ0v) is 16.6. The van der Waals surface area contributed by atoms with Crippen molar-refractivity contribution in [1.29, 1.82) is 0 Å². The molecule has 1 aliphatic carbocycles. The minimum absolute atomic E-state index is 0.572. The van der Waals surface area contributed by atoms with Crippen LogP contribution < -0.4 is 15.5 Å². The molecule has 2 aliphatic rings. The van der Waals surface area contributed by atoms with E-state index in [1.807, 2.05) is 0 Å². The van der Waals surface area contributed by atoms with Gasteiger partial charge < -0.3 is 15.5 Å². The van der Waals surface area contributed by atoms with E-state index in [4.69, 9.17) is 9.98 Å². The number of nitrogens with one attached hydrogen (secondary N) is 2. The van der Waals surface area contributed by atoms with Crippen molar-refractivity contribution in [3.8, 4) is 0 Å². The highest BCUT2D eigenvalue weighted by molar-refractivity contribution is 7.13. The van der Waals surface area contributed by atoms with Gasteiger partial charge in [-0.05, 0) is 38.5 Å². The summed E-state index contributed by atoms with van der Waals surface area (Å²) >= 11 is 1.78. The summed E-state index contributed by atoms with van der Waals surface area (Å²) < 4.78 is 0. The van der Waals surface area contributed by atoms with Gasteiger partial charge in [0, 0.05) is 44.0 Å². The van der Waals surface area contributed by atoms with Gasteiger partial charge >= 0.3 is 0 Å². The highest BCUT2D eigenvalue weighted by Gasteiger charge is 2.19. The van der Waals surface area contributed by atoms with Crippen molar-refractivity contribution < 1.29 is 0 Å². The van der Waals surface area contributed by atoms with E-state index in [9.17, 15) is 0 Å². The summed E-state index contributed by atoms with van der Waals surface area (Å²) in [5, 5.41) is 10.4. The number of nitrogens with zero attached hydrogens (tertiary/aromatic N) is 3. The Bertz CT molecular complexity index is 550. The second-order valence-electron chi connectivity index (χ2n) is 7.44. The largest absolute Gasteiger partial charge is 0.357 e. The number of hydrogen-bond acceptors (Lipinski definition) is 4. The lowest BCUT2D eigenvalue weighted by molar-refractivity contribution is 0.324. The number of thiazole rings is 1. The molecule has 0 spiro atoms. The Labute approximate surface area is 156 Å². The highest BCUT2D eigenvalue weighted by atomic mass is 32.1. The average molecular weight is 364 g/mol. The smallest absolute Gasteiger partial charge is 0.191 e. The number of aromatic nitrogens is 1. The van der Waals surface area contributed by atoms with Gasteiger partial charge in [0.1, 0.15) is 0 Å². The predicted molar refractivity (Wildman–Crippen MR) is 108 cm³/mol. The number of hydrogen-bond donors (Lipinski definition) is 2. The van der Waals surface area contributed by atoms with E-state index in [0.29, 0.717) is 6.04 Å². The maximum absolute atomic E-state index is 4.80. The lowest BCUT2D eigenvalue weighted by Gasteiger charge is -2.28. The van der Waals surface area contributed by atoms with Gasteiger partial charge in [-0.15, -0.1) is 11.3 Å². The summed E-state index contributed by atoms with van der Waals surface area (Å²) in [5.74, 6) is 1.80. The van der Waals surface area contributed by atoms with Crippen LogP contribution in [0.3, 0.4) is 0 Å². The molecule has 0 amide bonds. The molecule has 0 radical (unpaired) electrons. The van der Waals surface area contributed by atoms with Gasteiger partial charge in [-0.1, -0.05) is 19.8 Å². The Morgan fingerprint density at radius 3 is 2.92 bits per heavy atom. The van der Waals surface area contributed by atoms with Gasteiger partial charge in [0.25, 0.3) is 0 Å². The van der Waals surface area contributed by atoms with E-state index in [-0.39, 0.29) is 0 Å². The first-order valence-electron chi connectivity index (χ1n) is 9.98. The number of rotatable bonds is 6. The molecule has 2 unspecified atom stereocenters. The molecule has 2 N–H and O–H groups in total. The van der Waals surface area contributed by atoms with E-state index in [1.165, 1.54) is 62.4 Å². The Morgan fingerprint density at radius 2 is 2.16 bits per heavy atom. The van der Waals surface area contributed by atoms with Gasteiger partial charge in [-0.3, -0.25) is 4.99 Å². The SMILES string of the molecule is CCNC(=NCCc1csc(N2CCCC2)n1)NC1CCCC(C)C1. The molecule has 2 fully saturated rings. The summed E-state index contributed by atoms with van der Waals surface area (Å²) in [6, 6.07) is 0.572. The zero-order valence-electron chi connectivity index (χ0n) is 15.8. The average Bonchev–Trinajstić information content (AvgIpc) is 3.26. The van der Waals surface area contributed by atoms with Crippen molar-refractivity contribution in [1.82, 2.24) is 15.6 Å². The number of guanidine groups is 1. The topological polar surface area (TPSA) is 52.6 Å². The molecule has 1 aromatic heterocycles. The molecule has 2 atom stereocenters. The third-order valence-electron chi connectivity index (χ3n) is 5.18. The molecule has 1 saturated heterocycles. The monoisotopic (exact) mass is 363 g/mol. The fourth-order valence-corrected chi connectivity index (χ4v) is 4.74. The molecule has 140 valence electrons. The van der Waals surface area contributed by atoms with Gasteiger partial charge in [0.2, 0.25) is 0 Å². The van der Waals surface area contributed by atoms with Crippen LogP contribution in [0.25, 0.3) is 0 Å². The van der Waals surface area contributed by atoms with Crippen LogP contribution in [0.1, 0.15) is 58.1 Å².